The summed E-state index contributed by atoms with van der Waals surface area (Å²) in [5, 5.41) is 18.5. The number of rotatable bonds is 7. The van der Waals surface area contributed by atoms with Crippen molar-refractivity contribution in [3.63, 3.8) is 0 Å². The number of nitrogens with one attached hydrogen (secondary N) is 2. The molecule has 10 heteroatoms. The summed E-state index contributed by atoms with van der Waals surface area (Å²) < 4.78 is 0. The predicted molar refractivity (Wildman–Crippen MR) is 109 cm³/mol. The van der Waals surface area contributed by atoms with E-state index in [1.807, 2.05) is 0 Å². The molecule has 0 aliphatic carbocycles. The smallest absolute Gasteiger partial charge is 0.270 e. The molecular formula is C18H14N4O4S2. The van der Waals surface area contributed by atoms with Gasteiger partial charge in [0.2, 0.25) is 5.91 Å². The standard InChI is InChI=1S/C18H14N4O4S2/c23-16(21-18-19-8-9-27-18)11-28-15-6-4-13(5-7-15)20-17(24)12-2-1-3-14(10-12)22(25)26/h1-10H,11H2,(H,20,24)(H,19,21,23). The summed E-state index contributed by atoms with van der Waals surface area (Å²) in [7, 11) is 0. The SMILES string of the molecule is O=C(CSc1ccc(NC(=O)c2cccc([N+](=O)[O-])c2)cc1)Nc1nccs1. The van der Waals surface area contributed by atoms with Gasteiger partial charge in [0.05, 0.1) is 10.7 Å². The summed E-state index contributed by atoms with van der Waals surface area (Å²) in [4.78, 5) is 39.2. The van der Waals surface area contributed by atoms with Crippen LogP contribution in [0.1, 0.15) is 10.4 Å². The zero-order valence-corrected chi connectivity index (χ0v) is 16.0. The number of hydrogen-bond donors (Lipinski definition) is 2. The van der Waals surface area contributed by atoms with E-state index in [1.165, 1.54) is 47.4 Å². The zero-order valence-electron chi connectivity index (χ0n) is 14.3. The zero-order chi connectivity index (χ0) is 19.9. The Morgan fingerprint density at radius 3 is 2.61 bits per heavy atom. The van der Waals surface area contributed by atoms with E-state index in [4.69, 9.17) is 0 Å². The lowest BCUT2D eigenvalue weighted by Crippen LogP contribution is -2.13. The number of nitro groups is 1. The number of thiazole rings is 1. The molecule has 0 fully saturated rings. The Kier molecular flexibility index (Phi) is 6.35. The van der Waals surface area contributed by atoms with Gasteiger partial charge in [0.25, 0.3) is 11.6 Å². The lowest BCUT2D eigenvalue weighted by molar-refractivity contribution is -0.384. The fourth-order valence-corrected chi connectivity index (χ4v) is 3.43. The van der Waals surface area contributed by atoms with Crippen molar-refractivity contribution in [1.82, 2.24) is 4.98 Å². The molecule has 0 spiro atoms. The van der Waals surface area contributed by atoms with Crippen LogP contribution >= 0.6 is 23.1 Å². The van der Waals surface area contributed by atoms with Crippen LogP contribution in [0.3, 0.4) is 0 Å². The van der Waals surface area contributed by atoms with Crippen LogP contribution in [0.5, 0.6) is 0 Å². The van der Waals surface area contributed by atoms with E-state index in [-0.39, 0.29) is 22.9 Å². The molecule has 3 aromatic rings. The lowest BCUT2D eigenvalue weighted by Gasteiger charge is -2.07. The van der Waals surface area contributed by atoms with Crippen molar-refractivity contribution in [2.24, 2.45) is 0 Å². The van der Waals surface area contributed by atoms with Crippen molar-refractivity contribution in [2.75, 3.05) is 16.4 Å². The minimum absolute atomic E-state index is 0.143. The number of non-ortho nitro benzene ring substituents is 1. The van der Waals surface area contributed by atoms with Gasteiger partial charge >= 0.3 is 0 Å². The fourth-order valence-electron chi connectivity index (χ4n) is 2.19. The highest BCUT2D eigenvalue weighted by atomic mass is 32.2. The maximum atomic E-state index is 12.2. The van der Waals surface area contributed by atoms with Gasteiger partial charge in [-0.2, -0.15) is 0 Å². The number of thioether (sulfide) groups is 1. The molecule has 2 N–H and O–H groups in total. The maximum absolute atomic E-state index is 12.2. The lowest BCUT2D eigenvalue weighted by atomic mass is 10.2. The Balaban J connectivity index is 1.54. The molecule has 0 bridgehead atoms. The van der Waals surface area contributed by atoms with Crippen molar-refractivity contribution in [2.45, 2.75) is 4.90 Å². The second-order valence-corrected chi connectivity index (χ2v) is 7.40. The van der Waals surface area contributed by atoms with Crippen molar-refractivity contribution in [3.05, 3.63) is 75.8 Å². The highest BCUT2D eigenvalue weighted by molar-refractivity contribution is 8.00. The summed E-state index contributed by atoms with van der Waals surface area (Å²) in [6.07, 6.45) is 1.62. The monoisotopic (exact) mass is 414 g/mol. The number of carbonyl (C=O) groups excluding carboxylic acids is 2. The largest absolute Gasteiger partial charge is 0.322 e. The Hall–Kier alpha value is -3.24. The van der Waals surface area contributed by atoms with E-state index in [0.717, 1.165) is 4.90 Å². The first-order chi connectivity index (χ1) is 13.5. The van der Waals surface area contributed by atoms with Gasteiger partial charge in [-0.25, -0.2) is 4.98 Å². The van der Waals surface area contributed by atoms with Gasteiger partial charge in [-0.05, 0) is 30.3 Å². The van der Waals surface area contributed by atoms with Gasteiger partial charge in [-0.1, -0.05) is 6.07 Å². The number of nitrogens with zero attached hydrogens (tertiary/aromatic N) is 2. The first-order valence-corrected chi connectivity index (χ1v) is 9.86. The molecule has 28 heavy (non-hydrogen) atoms. The van der Waals surface area contributed by atoms with Gasteiger partial charge in [0, 0.05) is 39.9 Å². The molecule has 142 valence electrons. The molecule has 8 nitrogen and oxygen atoms in total. The molecule has 1 heterocycles. The van der Waals surface area contributed by atoms with Crippen LogP contribution in [0.25, 0.3) is 0 Å². The van der Waals surface area contributed by atoms with Crippen LogP contribution in [0.4, 0.5) is 16.5 Å². The van der Waals surface area contributed by atoms with E-state index in [0.29, 0.717) is 10.8 Å². The number of anilines is 2. The number of aromatic nitrogens is 1. The van der Waals surface area contributed by atoms with E-state index in [1.54, 1.807) is 35.8 Å². The molecule has 2 aromatic carbocycles. The van der Waals surface area contributed by atoms with Gasteiger partial charge < -0.3 is 10.6 Å². The predicted octanol–water partition coefficient (Wildman–Crippen LogP) is 4.03. The highest BCUT2D eigenvalue weighted by Gasteiger charge is 2.12. The van der Waals surface area contributed by atoms with Crippen LogP contribution < -0.4 is 10.6 Å². The molecule has 2 amide bonds. The Morgan fingerprint density at radius 1 is 1.14 bits per heavy atom. The van der Waals surface area contributed by atoms with Crippen LogP contribution in [0.15, 0.2) is 65.0 Å². The molecule has 0 saturated carbocycles. The summed E-state index contributed by atoms with van der Waals surface area (Å²) in [6, 6.07) is 12.5. The fraction of sp³-hybridized carbons (Fsp3) is 0.0556. The quantitative estimate of drug-likeness (QED) is 0.343. The van der Waals surface area contributed by atoms with Crippen molar-refractivity contribution in [3.8, 4) is 0 Å². The van der Waals surface area contributed by atoms with Gasteiger partial charge in [-0.3, -0.25) is 19.7 Å². The van der Waals surface area contributed by atoms with Crippen molar-refractivity contribution >= 4 is 51.4 Å². The van der Waals surface area contributed by atoms with Crippen LogP contribution in [-0.2, 0) is 4.79 Å². The third-order valence-corrected chi connectivity index (χ3v) is 5.18. The number of amides is 2. The molecule has 0 aliphatic heterocycles. The summed E-state index contributed by atoms with van der Waals surface area (Å²) in [5.74, 6) is -0.353. The summed E-state index contributed by atoms with van der Waals surface area (Å²) >= 11 is 2.71. The molecular weight excluding hydrogens is 400 g/mol. The highest BCUT2D eigenvalue weighted by Crippen LogP contribution is 2.22. The molecule has 3 rings (SSSR count). The molecule has 0 atom stereocenters. The van der Waals surface area contributed by atoms with Crippen LogP contribution in [0.2, 0.25) is 0 Å². The first kappa shape index (κ1) is 19.5. The molecule has 0 aliphatic rings. The number of carbonyl (C=O) groups is 2. The van der Waals surface area contributed by atoms with Gasteiger partial charge in [0.15, 0.2) is 5.13 Å². The third-order valence-electron chi connectivity index (χ3n) is 3.48. The minimum Gasteiger partial charge on any atom is -0.322 e. The van der Waals surface area contributed by atoms with Gasteiger partial charge in [0.1, 0.15) is 0 Å². The second kappa shape index (κ2) is 9.11. The molecule has 0 radical (unpaired) electrons. The first-order valence-electron chi connectivity index (χ1n) is 7.99. The van der Waals surface area contributed by atoms with E-state index >= 15 is 0 Å². The van der Waals surface area contributed by atoms with Crippen LogP contribution in [0, 0.1) is 10.1 Å². The average Bonchev–Trinajstić information content (AvgIpc) is 3.20. The minimum atomic E-state index is -0.548. The normalized spacial score (nSPS) is 10.3. The van der Waals surface area contributed by atoms with Crippen LogP contribution in [-0.4, -0.2) is 27.5 Å². The Bertz CT molecular complexity index is 991. The summed E-state index contributed by atoms with van der Waals surface area (Å²) in [5.41, 5.74) is 0.607. The van der Waals surface area contributed by atoms with E-state index < -0.39 is 10.8 Å². The maximum Gasteiger partial charge on any atom is 0.270 e. The second-order valence-electron chi connectivity index (χ2n) is 5.46. The van der Waals surface area contributed by atoms with Gasteiger partial charge in [-0.15, -0.1) is 23.1 Å². The van der Waals surface area contributed by atoms with Crippen molar-refractivity contribution in [1.29, 1.82) is 0 Å². The Labute approximate surface area is 168 Å². The number of nitro benzene ring substituents is 1. The van der Waals surface area contributed by atoms with E-state index in [9.17, 15) is 19.7 Å². The van der Waals surface area contributed by atoms with Crippen molar-refractivity contribution < 1.29 is 14.5 Å². The topological polar surface area (TPSA) is 114 Å². The average molecular weight is 414 g/mol. The third kappa shape index (κ3) is 5.38. The van der Waals surface area contributed by atoms with E-state index in [2.05, 4.69) is 15.6 Å². The molecule has 0 saturated heterocycles. The number of hydrogen-bond acceptors (Lipinski definition) is 7. The molecule has 0 unspecified atom stereocenters. The number of benzene rings is 2. The molecule has 1 aromatic heterocycles. The Morgan fingerprint density at radius 2 is 1.93 bits per heavy atom. The summed E-state index contributed by atoms with van der Waals surface area (Å²) in [6.45, 7) is 0.